The molecule has 0 aliphatic rings. The van der Waals surface area contributed by atoms with Crippen molar-refractivity contribution in [3.05, 3.63) is 157 Å². The maximum Gasteiger partial charge on any atom is 0.0991 e. The molecule has 0 saturated heterocycles. The molecule has 2 heterocycles. The molecule has 0 atom stereocenters. The molecule has 8 aromatic rings. The third kappa shape index (κ3) is 4.63. The van der Waals surface area contributed by atoms with Crippen molar-refractivity contribution in [3.63, 3.8) is 0 Å². The minimum absolute atomic E-state index is 0.648. The van der Waals surface area contributed by atoms with E-state index in [0.29, 0.717) is 11.1 Å². The Bertz CT molecular complexity index is 2350. The summed E-state index contributed by atoms with van der Waals surface area (Å²) < 4.78 is 0. The van der Waals surface area contributed by atoms with Crippen LogP contribution in [0.5, 0.6) is 0 Å². The van der Waals surface area contributed by atoms with Gasteiger partial charge in [0.2, 0.25) is 0 Å². The lowest BCUT2D eigenvalue weighted by Crippen LogP contribution is -1.92. The molecule has 0 unspecified atom stereocenters. The Balaban J connectivity index is 1.19. The number of rotatable bonds is 4. The van der Waals surface area contributed by atoms with Crippen molar-refractivity contribution in [2.45, 2.75) is 0 Å². The van der Waals surface area contributed by atoms with Gasteiger partial charge in [0.25, 0.3) is 0 Å². The highest BCUT2D eigenvalue weighted by Crippen LogP contribution is 2.37. The van der Waals surface area contributed by atoms with Gasteiger partial charge in [0, 0.05) is 11.1 Å². The van der Waals surface area contributed by atoms with Crippen LogP contribution in [0.3, 0.4) is 0 Å². The van der Waals surface area contributed by atoms with Crippen molar-refractivity contribution in [1.82, 2.24) is 9.97 Å². The van der Waals surface area contributed by atoms with Crippen LogP contribution in [-0.4, -0.2) is 9.97 Å². The Labute approximate surface area is 266 Å². The molecule has 8 rings (SSSR count). The maximum absolute atomic E-state index is 9.22. The lowest BCUT2D eigenvalue weighted by Gasteiger charge is -2.13. The third-order valence-corrected chi connectivity index (χ3v) is 8.59. The molecule has 4 heteroatoms. The molecule has 0 fully saturated rings. The summed E-state index contributed by atoms with van der Waals surface area (Å²) in [6, 6.07) is 53.3. The summed E-state index contributed by atoms with van der Waals surface area (Å²) in [5.41, 5.74) is 11.2. The van der Waals surface area contributed by atoms with Crippen LogP contribution in [0.2, 0.25) is 0 Å². The van der Waals surface area contributed by atoms with Gasteiger partial charge in [-0.15, -0.1) is 0 Å². The highest BCUT2D eigenvalue weighted by molar-refractivity contribution is 6.06. The lowest BCUT2D eigenvalue weighted by molar-refractivity contribution is 1.34. The van der Waals surface area contributed by atoms with Gasteiger partial charge in [-0.2, -0.15) is 10.5 Å². The average molecular weight is 585 g/mol. The van der Waals surface area contributed by atoms with Crippen LogP contribution in [0.1, 0.15) is 11.1 Å². The molecule has 0 radical (unpaired) electrons. The quantitative estimate of drug-likeness (QED) is 0.206. The number of nitrogens with zero attached hydrogens (tertiary/aromatic N) is 4. The molecular weight excluding hydrogens is 560 g/mol. The Morgan fingerprint density at radius 2 is 0.696 bits per heavy atom. The molecule has 6 aromatic carbocycles. The highest BCUT2D eigenvalue weighted by Gasteiger charge is 2.14. The van der Waals surface area contributed by atoms with Crippen LogP contribution in [0.4, 0.5) is 0 Å². The summed E-state index contributed by atoms with van der Waals surface area (Å²) in [5, 5.41) is 22.9. The number of hydrogen-bond donors (Lipinski definition) is 0. The normalized spacial score (nSPS) is 11.0. The zero-order chi connectivity index (χ0) is 31.0. The molecule has 0 bridgehead atoms. The van der Waals surface area contributed by atoms with E-state index >= 15 is 0 Å². The van der Waals surface area contributed by atoms with E-state index < -0.39 is 0 Å². The van der Waals surface area contributed by atoms with Crippen molar-refractivity contribution >= 4 is 32.6 Å². The number of pyridine rings is 2. The monoisotopic (exact) mass is 584 g/mol. The summed E-state index contributed by atoms with van der Waals surface area (Å²) in [4.78, 5) is 10.1. The van der Waals surface area contributed by atoms with Gasteiger partial charge in [0.1, 0.15) is 0 Å². The van der Waals surface area contributed by atoms with Crippen molar-refractivity contribution in [2.75, 3.05) is 0 Å². The minimum Gasteiger partial charge on any atom is -0.246 e. The van der Waals surface area contributed by atoms with E-state index in [1.807, 2.05) is 60.7 Å². The fraction of sp³-hybridized carbons (Fsp3) is 0. The average Bonchev–Trinajstić information content (AvgIpc) is 3.13. The van der Waals surface area contributed by atoms with E-state index in [9.17, 15) is 10.5 Å². The molecule has 4 nitrogen and oxygen atoms in total. The van der Waals surface area contributed by atoms with Crippen LogP contribution >= 0.6 is 0 Å². The standard InChI is InChI=1S/C42H24N4/c43-25-27-9-13-29(14-10-27)31-17-19-37(35-7-3-1-5-33(31)35)39-21-23-42-41(45-39)24-22-40(46-42)38-20-18-32(34-6-2-4-8-36(34)38)30-15-11-28(26-44)12-16-30/h1-24H. The van der Waals surface area contributed by atoms with Gasteiger partial charge >= 0.3 is 0 Å². The van der Waals surface area contributed by atoms with E-state index in [2.05, 4.69) is 97.1 Å². The largest absolute Gasteiger partial charge is 0.246 e. The maximum atomic E-state index is 9.22. The molecular formula is C42H24N4. The molecule has 212 valence electrons. The predicted molar refractivity (Wildman–Crippen MR) is 186 cm³/mol. The van der Waals surface area contributed by atoms with Gasteiger partial charge in [-0.1, -0.05) is 97.1 Å². The number of hydrogen-bond acceptors (Lipinski definition) is 4. The first-order chi connectivity index (χ1) is 22.7. The second-order valence-electron chi connectivity index (χ2n) is 11.2. The molecule has 0 amide bonds. The molecule has 0 aliphatic heterocycles. The number of benzene rings is 6. The summed E-state index contributed by atoms with van der Waals surface area (Å²) in [6.07, 6.45) is 0. The van der Waals surface area contributed by atoms with E-state index in [-0.39, 0.29) is 0 Å². The molecule has 46 heavy (non-hydrogen) atoms. The lowest BCUT2D eigenvalue weighted by atomic mass is 9.93. The Hall–Kier alpha value is -6.62. The Kier molecular flexibility index (Phi) is 6.53. The topological polar surface area (TPSA) is 73.4 Å². The highest BCUT2D eigenvalue weighted by atomic mass is 14.8. The molecule has 0 aliphatic carbocycles. The Morgan fingerprint density at radius 1 is 0.348 bits per heavy atom. The van der Waals surface area contributed by atoms with Crippen molar-refractivity contribution < 1.29 is 0 Å². The third-order valence-electron chi connectivity index (χ3n) is 8.59. The van der Waals surface area contributed by atoms with Gasteiger partial charge in [-0.3, -0.25) is 0 Å². The number of fused-ring (bicyclic) bond motifs is 3. The van der Waals surface area contributed by atoms with Gasteiger partial charge in [0.05, 0.1) is 45.7 Å². The fourth-order valence-corrected chi connectivity index (χ4v) is 6.31. The van der Waals surface area contributed by atoms with Gasteiger partial charge < -0.3 is 0 Å². The number of nitriles is 2. The van der Waals surface area contributed by atoms with E-state index in [4.69, 9.17) is 9.97 Å². The van der Waals surface area contributed by atoms with Crippen molar-refractivity contribution in [2.24, 2.45) is 0 Å². The van der Waals surface area contributed by atoms with Crippen LogP contribution in [-0.2, 0) is 0 Å². The smallest absolute Gasteiger partial charge is 0.0991 e. The Morgan fingerprint density at radius 3 is 1.07 bits per heavy atom. The van der Waals surface area contributed by atoms with Gasteiger partial charge in [-0.05, 0) is 92.3 Å². The fourth-order valence-electron chi connectivity index (χ4n) is 6.31. The summed E-state index contributed by atoms with van der Waals surface area (Å²) >= 11 is 0. The summed E-state index contributed by atoms with van der Waals surface area (Å²) in [6.45, 7) is 0. The van der Waals surface area contributed by atoms with Gasteiger partial charge in [0.15, 0.2) is 0 Å². The second-order valence-corrected chi connectivity index (χ2v) is 11.2. The molecule has 0 saturated carbocycles. The van der Waals surface area contributed by atoms with E-state index in [0.717, 1.165) is 77.3 Å². The first-order valence-corrected chi connectivity index (χ1v) is 15.0. The van der Waals surface area contributed by atoms with E-state index in [1.165, 1.54) is 0 Å². The molecule has 0 spiro atoms. The molecule has 2 aromatic heterocycles. The molecule has 0 N–H and O–H groups in total. The van der Waals surface area contributed by atoms with Crippen LogP contribution in [0.15, 0.2) is 146 Å². The van der Waals surface area contributed by atoms with Crippen molar-refractivity contribution in [3.8, 4) is 56.9 Å². The summed E-state index contributed by atoms with van der Waals surface area (Å²) in [5.74, 6) is 0. The van der Waals surface area contributed by atoms with Crippen molar-refractivity contribution in [1.29, 1.82) is 10.5 Å². The zero-order valence-corrected chi connectivity index (χ0v) is 24.6. The second kappa shape index (κ2) is 11.1. The predicted octanol–water partition coefficient (Wildman–Crippen LogP) is 10.3. The van der Waals surface area contributed by atoms with Gasteiger partial charge in [-0.25, -0.2) is 9.97 Å². The first kappa shape index (κ1) is 27.0. The zero-order valence-electron chi connectivity index (χ0n) is 24.6. The van der Waals surface area contributed by atoms with Crippen LogP contribution < -0.4 is 0 Å². The van der Waals surface area contributed by atoms with E-state index in [1.54, 1.807) is 0 Å². The summed E-state index contributed by atoms with van der Waals surface area (Å²) in [7, 11) is 0. The first-order valence-electron chi connectivity index (χ1n) is 15.0. The minimum atomic E-state index is 0.648. The van der Waals surface area contributed by atoms with Crippen LogP contribution in [0, 0.1) is 22.7 Å². The number of aromatic nitrogens is 2. The SMILES string of the molecule is N#Cc1ccc(-c2ccc(-c3ccc4nc(-c5ccc(-c6ccc(C#N)cc6)c6ccccc56)ccc4n3)c3ccccc23)cc1. The van der Waals surface area contributed by atoms with Crippen LogP contribution in [0.25, 0.3) is 77.3 Å².